The first-order valence-corrected chi connectivity index (χ1v) is 6.60. The van der Waals surface area contributed by atoms with E-state index in [9.17, 15) is 0 Å². The standard InChI is InChI=1S/C12H15N5S/c1-3-9(14)12(10-5-4-8(2)18-10)17-7-15-11(6-13)16-17/h4-5,7,9,12H,3,14H2,1-2H3. The summed E-state index contributed by atoms with van der Waals surface area (Å²) in [5.74, 6) is 0.177. The van der Waals surface area contributed by atoms with Crippen LogP contribution in [0.3, 0.4) is 0 Å². The maximum Gasteiger partial charge on any atom is 0.252 e. The van der Waals surface area contributed by atoms with E-state index in [-0.39, 0.29) is 17.9 Å². The molecule has 0 aliphatic rings. The Labute approximate surface area is 110 Å². The van der Waals surface area contributed by atoms with E-state index in [0.717, 1.165) is 11.3 Å². The lowest BCUT2D eigenvalue weighted by atomic mass is 10.1. The molecule has 2 atom stereocenters. The minimum atomic E-state index is -0.0525. The smallest absolute Gasteiger partial charge is 0.252 e. The van der Waals surface area contributed by atoms with Gasteiger partial charge in [0.15, 0.2) is 0 Å². The highest BCUT2D eigenvalue weighted by atomic mass is 32.1. The van der Waals surface area contributed by atoms with E-state index in [1.54, 1.807) is 22.3 Å². The molecule has 2 heterocycles. The SMILES string of the molecule is CCC(N)C(c1ccc(C)s1)n1cnc(C#N)n1. The molecule has 2 rings (SSSR count). The minimum absolute atomic E-state index is 0.0451. The summed E-state index contributed by atoms with van der Waals surface area (Å²) in [4.78, 5) is 6.33. The first-order chi connectivity index (χ1) is 8.65. The van der Waals surface area contributed by atoms with Crippen molar-refractivity contribution in [1.29, 1.82) is 5.26 Å². The summed E-state index contributed by atoms with van der Waals surface area (Å²) in [6.07, 6.45) is 2.41. The quantitative estimate of drug-likeness (QED) is 0.910. The molecule has 2 unspecified atom stereocenters. The number of rotatable bonds is 4. The molecule has 5 nitrogen and oxygen atoms in total. The van der Waals surface area contributed by atoms with E-state index in [2.05, 4.69) is 29.1 Å². The summed E-state index contributed by atoms with van der Waals surface area (Å²) < 4.78 is 1.69. The van der Waals surface area contributed by atoms with Crippen molar-refractivity contribution in [3.05, 3.63) is 34.0 Å². The second-order valence-electron chi connectivity index (χ2n) is 4.13. The van der Waals surface area contributed by atoms with Crippen molar-refractivity contribution in [3.63, 3.8) is 0 Å². The molecule has 18 heavy (non-hydrogen) atoms. The van der Waals surface area contributed by atoms with E-state index in [4.69, 9.17) is 11.0 Å². The number of aromatic nitrogens is 3. The van der Waals surface area contributed by atoms with Gasteiger partial charge >= 0.3 is 0 Å². The molecule has 0 fully saturated rings. The van der Waals surface area contributed by atoms with Crippen LogP contribution >= 0.6 is 11.3 Å². The predicted molar refractivity (Wildman–Crippen MR) is 70.2 cm³/mol. The van der Waals surface area contributed by atoms with Crippen LogP contribution in [0.2, 0.25) is 0 Å². The largest absolute Gasteiger partial charge is 0.326 e. The molecular formula is C12H15N5S. The van der Waals surface area contributed by atoms with Gasteiger partial charge in [0.25, 0.3) is 5.82 Å². The van der Waals surface area contributed by atoms with Gasteiger partial charge in [0.05, 0.1) is 0 Å². The van der Waals surface area contributed by atoms with Crippen LogP contribution < -0.4 is 5.73 Å². The lowest BCUT2D eigenvalue weighted by Gasteiger charge is -2.21. The van der Waals surface area contributed by atoms with Gasteiger partial charge in [-0.05, 0) is 25.5 Å². The third-order valence-electron chi connectivity index (χ3n) is 2.82. The molecule has 2 aromatic rings. The van der Waals surface area contributed by atoms with Crippen LogP contribution in [-0.2, 0) is 0 Å². The molecule has 0 bridgehead atoms. The lowest BCUT2D eigenvalue weighted by molar-refractivity contribution is 0.428. The van der Waals surface area contributed by atoms with Gasteiger partial charge in [-0.3, -0.25) is 0 Å². The van der Waals surface area contributed by atoms with Crippen LogP contribution in [-0.4, -0.2) is 20.8 Å². The fourth-order valence-corrected chi connectivity index (χ4v) is 2.88. The molecule has 0 saturated carbocycles. The third kappa shape index (κ3) is 2.42. The van der Waals surface area contributed by atoms with Crippen LogP contribution in [0.15, 0.2) is 18.5 Å². The fourth-order valence-electron chi connectivity index (χ4n) is 1.83. The van der Waals surface area contributed by atoms with Crippen LogP contribution in [0.4, 0.5) is 0 Å². The van der Waals surface area contributed by atoms with E-state index in [1.165, 1.54) is 4.88 Å². The first-order valence-electron chi connectivity index (χ1n) is 5.79. The molecule has 94 valence electrons. The Balaban J connectivity index is 2.40. The number of hydrogen-bond donors (Lipinski definition) is 1. The van der Waals surface area contributed by atoms with Crippen molar-refractivity contribution < 1.29 is 0 Å². The Morgan fingerprint density at radius 1 is 1.56 bits per heavy atom. The molecule has 0 aliphatic carbocycles. The average molecular weight is 261 g/mol. The summed E-state index contributed by atoms with van der Waals surface area (Å²) in [6.45, 7) is 4.10. The minimum Gasteiger partial charge on any atom is -0.326 e. The van der Waals surface area contributed by atoms with Crippen molar-refractivity contribution in [2.24, 2.45) is 5.73 Å². The normalized spacial score (nSPS) is 14.1. The predicted octanol–water partition coefficient (Wildman–Crippen LogP) is 1.85. The monoisotopic (exact) mass is 261 g/mol. The van der Waals surface area contributed by atoms with E-state index < -0.39 is 0 Å². The zero-order valence-corrected chi connectivity index (χ0v) is 11.2. The number of nitriles is 1. The maximum atomic E-state index is 8.79. The van der Waals surface area contributed by atoms with Gasteiger partial charge < -0.3 is 5.73 Å². The number of nitrogens with two attached hydrogens (primary N) is 1. The highest BCUT2D eigenvalue weighted by Crippen LogP contribution is 2.28. The molecular weight excluding hydrogens is 246 g/mol. The Morgan fingerprint density at radius 3 is 2.83 bits per heavy atom. The molecule has 2 aromatic heterocycles. The lowest BCUT2D eigenvalue weighted by Crippen LogP contribution is -2.32. The van der Waals surface area contributed by atoms with E-state index >= 15 is 0 Å². The summed E-state index contributed by atoms with van der Waals surface area (Å²) in [6, 6.07) is 5.97. The Hall–Kier alpha value is -1.71. The van der Waals surface area contributed by atoms with Gasteiger partial charge in [0.1, 0.15) is 18.4 Å². The zero-order valence-electron chi connectivity index (χ0n) is 10.4. The summed E-state index contributed by atoms with van der Waals surface area (Å²) >= 11 is 1.70. The van der Waals surface area contributed by atoms with Crippen molar-refractivity contribution in [2.45, 2.75) is 32.4 Å². The number of thiophene rings is 1. The summed E-state index contributed by atoms with van der Waals surface area (Å²) in [5.41, 5.74) is 6.18. The van der Waals surface area contributed by atoms with E-state index in [1.807, 2.05) is 13.0 Å². The highest BCUT2D eigenvalue weighted by molar-refractivity contribution is 7.12. The number of hydrogen-bond acceptors (Lipinski definition) is 5. The zero-order chi connectivity index (χ0) is 13.1. The molecule has 0 radical (unpaired) electrons. The van der Waals surface area contributed by atoms with Crippen LogP contribution in [0.25, 0.3) is 0 Å². The molecule has 2 N–H and O–H groups in total. The molecule has 0 aromatic carbocycles. The van der Waals surface area contributed by atoms with Crippen molar-refractivity contribution in [1.82, 2.24) is 14.8 Å². The van der Waals surface area contributed by atoms with Crippen LogP contribution in [0.1, 0.15) is 35.0 Å². The third-order valence-corrected chi connectivity index (χ3v) is 3.89. The number of aryl methyl sites for hydroxylation is 1. The van der Waals surface area contributed by atoms with Gasteiger partial charge in [-0.1, -0.05) is 6.92 Å². The fraction of sp³-hybridized carbons (Fsp3) is 0.417. The van der Waals surface area contributed by atoms with Gasteiger partial charge in [-0.2, -0.15) is 5.26 Å². The van der Waals surface area contributed by atoms with E-state index in [0.29, 0.717) is 0 Å². The van der Waals surface area contributed by atoms with Gasteiger partial charge in [-0.15, -0.1) is 16.4 Å². The first kappa shape index (κ1) is 12.7. The molecule has 0 spiro atoms. The second-order valence-corrected chi connectivity index (χ2v) is 5.44. The average Bonchev–Trinajstić information content (AvgIpc) is 2.99. The van der Waals surface area contributed by atoms with Crippen molar-refractivity contribution in [3.8, 4) is 6.07 Å². The maximum absolute atomic E-state index is 8.79. The Bertz CT molecular complexity index is 565. The highest BCUT2D eigenvalue weighted by Gasteiger charge is 2.23. The molecule has 0 aliphatic heterocycles. The van der Waals surface area contributed by atoms with Gasteiger partial charge in [0, 0.05) is 15.8 Å². The molecule has 6 heteroatoms. The van der Waals surface area contributed by atoms with Gasteiger partial charge in [0.2, 0.25) is 0 Å². The van der Waals surface area contributed by atoms with Gasteiger partial charge in [-0.25, -0.2) is 9.67 Å². The second kappa shape index (κ2) is 5.29. The topological polar surface area (TPSA) is 80.5 Å². The molecule has 0 amide bonds. The summed E-state index contributed by atoms with van der Waals surface area (Å²) in [7, 11) is 0. The number of nitrogens with zero attached hydrogens (tertiary/aromatic N) is 4. The van der Waals surface area contributed by atoms with Crippen LogP contribution in [0.5, 0.6) is 0 Å². The Morgan fingerprint density at radius 2 is 2.33 bits per heavy atom. The van der Waals surface area contributed by atoms with Crippen molar-refractivity contribution >= 4 is 11.3 Å². The summed E-state index contributed by atoms with van der Waals surface area (Å²) in [5, 5.41) is 12.9. The molecule has 0 saturated heterocycles. The van der Waals surface area contributed by atoms with Crippen molar-refractivity contribution in [2.75, 3.05) is 0 Å². The van der Waals surface area contributed by atoms with Crippen LogP contribution in [0, 0.1) is 18.3 Å². The Kier molecular flexibility index (Phi) is 3.75.